The Morgan fingerprint density at radius 2 is 2.00 bits per heavy atom. The minimum atomic E-state index is -0.530. The third kappa shape index (κ3) is 3.14. The van der Waals surface area contributed by atoms with E-state index in [2.05, 4.69) is 35.3 Å². The molecule has 5 nitrogen and oxygen atoms in total. The van der Waals surface area contributed by atoms with E-state index in [-0.39, 0.29) is 12.7 Å². The fourth-order valence-corrected chi connectivity index (χ4v) is 4.37. The van der Waals surface area contributed by atoms with Gasteiger partial charge in [-0.15, -0.1) is 0 Å². The van der Waals surface area contributed by atoms with E-state index in [4.69, 9.17) is 9.47 Å². The van der Waals surface area contributed by atoms with Crippen LogP contribution >= 0.6 is 0 Å². The molecule has 5 rings (SSSR count). The molecule has 0 radical (unpaired) electrons. The number of nitrogens with zero attached hydrogens (tertiary/aromatic N) is 1. The summed E-state index contributed by atoms with van der Waals surface area (Å²) in [6.45, 7) is 3.89. The van der Waals surface area contributed by atoms with Crippen LogP contribution in [0.3, 0.4) is 0 Å². The first-order valence-electron chi connectivity index (χ1n) is 10.2. The monoisotopic (exact) mass is 378 g/mol. The summed E-state index contributed by atoms with van der Waals surface area (Å²) in [5.41, 5.74) is 2.80. The van der Waals surface area contributed by atoms with Gasteiger partial charge in [0, 0.05) is 17.8 Å². The predicted molar refractivity (Wildman–Crippen MR) is 108 cm³/mol. The summed E-state index contributed by atoms with van der Waals surface area (Å²) >= 11 is 0. The highest BCUT2D eigenvalue weighted by atomic mass is 16.7. The molecule has 2 fully saturated rings. The van der Waals surface area contributed by atoms with Gasteiger partial charge in [0.1, 0.15) is 0 Å². The average Bonchev–Trinajstić information content (AvgIpc) is 3.32. The van der Waals surface area contributed by atoms with Crippen LogP contribution in [0.5, 0.6) is 11.5 Å². The fraction of sp³-hybridized carbons (Fsp3) is 0.435. The highest BCUT2D eigenvalue weighted by Gasteiger charge is 2.43. The lowest BCUT2D eigenvalue weighted by Crippen LogP contribution is -2.50. The quantitative estimate of drug-likeness (QED) is 0.843. The third-order valence-corrected chi connectivity index (χ3v) is 6.34. The van der Waals surface area contributed by atoms with Crippen LogP contribution in [0.4, 0.5) is 5.69 Å². The Morgan fingerprint density at radius 3 is 2.79 bits per heavy atom. The number of hydrogen-bond donors (Lipinski definition) is 1. The Bertz CT molecular complexity index is 891. The van der Waals surface area contributed by atoms with Crippen LogP contribution in [0, 0.1) is 0 Å². The molecule has 3 aliphatic rings. The van der Waals surface area contributed by atoms with Gasteiger partial charge in [-0.05, 0) is 68.8 Å². The second-order valence-corrected chi connectivity index (χ2v) is 8.30. The number of carbonyl (C=O) groups is 1. The molecule has 5 heteroatoms. The standard InChI is InChI=1S/C23H26N2O3/c1-23(22(26)24-19-10-8-17(9-11-19)16-6-7-16)12-3-13-25(23)14-18-4-2-5-20-21(18)28-15-27-20/h2,4-5,8-11,16H,3,6-7,12-15H2,1H3,(H,24,26)/t23-/m1/s1. The first-order chi connectivity index (χ1) is 13.6. The van der Waals surface area contributed by atoms with Crippen molar-refractivity contribution in [2.24, 2.45) is 0 Å². The van der Waals surface area contributed by atoms with Gasteiger partial charge in [-0.3, -0.25) is 9.69 Å². The summed E-state index contributed by atoms with van der Waals surface area (Å²) in [5.74, 6) is 2.40. The van der Waals surface area contributed by atoms with Crippen molar-refractivity contribution in [2.45, 2.75) is 50.6 Å². The molecule has 2 aromatic rings. The highest BCUT2D eigenvalue weighted by molar-refractivity contribution is 5.98. The molecule has 0 aromatic heterocycles. The molecule has 1 saturated heterocycles. The Hall–Kier alpha value is -2.53. The molecule has 1 N–H and O–H groups in total. The van der Waals surface area contributed by atoms with Gasteiger partial charge in [0.05, 0.1) is 5.54 Å². The van der Waals surface area contributed by atoms with E-state index >= 15 is 0 Å². The normalized spacial score (nSPS) is 23.8. The van der Waals surface area contributed by atoms with E-state index in [1.807, 2.05) is 24.3 Å². The van der Waals surface area contributed by atoms with E-state index in [0.717, 1.165) is 48.1 Å². The number of nitrogens with one attached hydrogen (secondary N) is 1. The van der Waals surface area contributed by atoms with Crippen LogP contribution in [-0.2, 0) is 11.3 Å². The summed E-state index contributed by atoms with van der Waals surface area (Å²) in [4.78, 5) is 15.5. The van der Waals surface area contributed by atoms with E-state index < -0.39 is 5.54 Å². The summed E-state index contributed by atoms with van der Waals surface area (Å²) in [7, 11) is 0. The Morgan fingerprint density at radius 1 is 1.18 bits per heavy atom. The summed E-state index contributed by atoms with van der Waals surface area (Å²) in [6.07, 6.45) is 4.44. The van der Waals surface area contributed by atoms with Crippen LogP contribution in [0.25, 0.3) is 0 Å². The van der Waals surface area contributed by atoms with Gasteiger partial charge < -0.3 is 14.8 Å². The largest absolute Gasteiger partial charge is 0.454 e. The zero-order chi connectivity index (χ0) is 19.1. The molecule has 28 heavy (non-hydrogen) atoms. The van der Waals surface area contributed by atoms with Crippen molar-refractivity contribution in [2.75, 3.05) is 18.7 Å². The molecule has 0 spiro atoms. The Labute approximate surface area is 165 Å². The number of para-hydroxylation sites is 1. The van der Waals surface area contributed by atoms with Crippen molar-refractivity contribution >= 4 is 11.6 Å². The number of benzene rings is 2. The first kappa shape index (κ1) is 17.6. The number of carbonyl (C=O) groups excluding carboxylic acids is 1. The molecule has 0 bridgehead atoms. The molecule has 1 saturated carbocycles. The lowest BCUT2D eigenvalue weighted by molar-refractivity contribution is -0.125. The van der Waals surface area contributed by atoms with Crippen LogP contribution in [0.15, 0.2) is 42.5 Å². The zero-order valence-electron chi connectivity index (χ0n) is 16.2. The van der Waals surface area contributed by atoms with Crippen LogP contribution < -0.4 is 14.8 Å². The van der Waals surface area contributed by atoms with Gasteiger partial charge in [-0.2, -0.15) is 0 Å². The van der Waals surface area contributed by atoms with Crippen molar-refractivity contribution in [1.82, 2.24) is 4.90 Å². The van der Waals surface area contributed by atoms with E-state index in [0.29, 0.717) is 6.54 Å². The topological polar surface area (TPSA) is 50.8 Å². The zero-order valence-corrected chi connectivity index (χ0v) is 16.2. The van der Waals surface area contributed by atoms with E-state index in [1.165, 1.54) is 18.4 Å². The number of anilines is 1. The number of likely N-dealkylation sites (tertiary alicyclic amines) is 1. The SMILES string of the molecule is C[C@]1(C(=O)Nc2ccc(C3CC3)cc2)CCCN1Cc1cccc2c1OCO2. The summed E-state index contributed by atoms with van der Waals surface area (Å²) in [5, 5.41) is 3.14. The number of rotatable bonds is 5. The molecule has 1 aliphatic carbocycles. The van der Waals surface area contributed by atoms with Crippen molar-refractivity contribution in [3.8, 4) is 11.5 Å². The van der Waals surface area contributed by atoms with Gasteiger partial charge in [-0.1, -0.05) is 24.3 Å². The van der Waals surface area contributed by atoms with E-state index in [9.17, 15) is 4.79 Å². The highest BCUT2D eigenvalue weighted by Crippen LogP contribution is 2.41. The summed E-state index contributed by atoms with van der Waals surface area (Å²) < 4.78 is 11.1. The molecule has 2 aromatic carbocycles. The number of fused-ring (bicyclic) bond motifs is 1. The van der Waals surface area contributed by atoms with Gasteiger partial charge in [0.2, 0.25) is 12.7 Å². The Kier molecular flexibility index (Phi) is 4.27. The van der Waals surface area contributed by atoms with Crippen LogP contribution in [0.2, 0.25) is 0 Å². The van der Waals surface area contributed by atoms with Crippen molar-refractivity contribution in [1.29, 1.82) is 0 Å². The Balaban J connectivity index is 1.31. The lowest BCUT2D eigenvalue weighted by atomic mass is 9.96. The van der Waals surface area contributed by atoms with Crippen LogP contribution in [-0.4, -0.2) is 29.7 Å². The van der Waals surface area contributed by atoms with Gasteiger partial charge >= 0.3 is 0 Å². The smallest absolute Gasteiger partial charge is 0.244 e. The maximum atomic E-state index is 13.2. The van der Waals surface area contributed by atoms with Gasteiger partial charge in [-0.25, -0.2) is 0 Å². The molecule has 0 unspecified atom stereocenters. The number of hydrogen-bond acceptors (Lipinski definition) is 4. The van der Waals surface area contributed by atoms with Crippen molar-refractivity contribution in [3.63, 3.8) is 0 Å². The van der Waals surface area contributed by atoms with Gasteiger partial charge in [0.25, 0.3) is 0 Å². The van der Waals surface area contributed by atoms with Gasteiger partial charge in [0.15, 0.2) is 11.5 Å². The van der Waals surface area contributed by atoms with Crippen LogP contribution in [0.1, 0.15) is 49.7 Å². The fourth-order valence-electron chi connectivity index (χ4n) is 4.37. The third-order valence-electron chi connectivity index (χ3n) is 6.34. The maximum Gasteiger partial charge on any atom is 0.244 e. The first-order valence-corrected chi connectivity index (χ1v) is 10.2. The minimum Gasteiger partial charge on any atom is -0.454 e. The second-order valence-electron chi connectivity index (χ2n) is 8.30. The summed E-state index contributed by atoms with van der Waals surface area (Å²) in [6, 6.07) is 14.3. The predicted octanol–water partition coefficient (Wildman–Crippen LogP) is 4.29. The lowest BCUT2D eigenvalue weighted by Gasteiger charge is -2.34. The van der Waals surface area contributed by atoms with E-state index in [1.54, 1.807) is 0 Å². The average molecular weight is 378 g/mol. The molecule has 1 atom stereocenters. The molecular weight excluding hydrogens is 352 g/mol. The molecule has 2 aliphatic heterocycles. The molecular formula is C23H26N2O3. The van der Waals surface area contributed by atoms with Crippen molar-refractivity contribution < 1.29 is 14.3 Å². The second kappa shape index (κ2) is 6.82. The minimum absolute atomic E-state index is 0.0638. The maximum absolute atomic E-state index is 13.2. The number of ether oxygens (including phenoxy) is 2. The molecule has 1 amide bonds. The number of amides is 1. The molecule has 2 heterocycles. The van der Waals surface area contributed by atoms with Crippen molar-refractivity contribution in [3.05, 3.63) is 53.6 Å². The molecule has 146 valence electrons.